The maximum absolute atomic E-state index is 12.4. The molecule has 0 aliphatic carbocycles. The summed E-state index contributed by atoms with van der Waals surface area (Å²) in [5.74, 6) is 1.39. The molecule has 0 bridgehead atoms. The summed E-state index contributed by atoms with van der Waals surface area (Å²) in [6.07, 6.45) is 1.07. The maximum atomic E-state index is 12.4. The van der Waals surface area contributed by atoms with Gasteiger partial charge in [-0.25, -0.2) is 0 Å². The maximum Gasteiger partial charge on any atom is 0.238 e. The van der Waals surface area contributed by atoms with Crippen LogP contribution in [-0.2, 0) is 4.79 Å². The lowest BCUT2D eigenvalue weighted by molar-refractivity contribution is -0.117. The van der Waals surface area contributed by atoms with Gasteiger partial charge in [-0.2, -0.15) is 0 Å². The number of nitrogens with zero attached hydrogens (tertiary/aromatic N) is 1. The molecule has 0 saturated carbocycles. The lowest BCUT2D eigenvalue weighted by atomic mass is 10.2. The Hall–Kier alpha value is -2.37. The zero-order valence-corrected chi connectivity index (χ0v) is 14.6. The summed E-state index contributed by atoms with van der Waals surface area (Å²) in [6.45, 7) is 6.24. The molecule has 1 aliphatic rings. The topological polar surface area (TPSA) is 53.6 Å². The number of rotatable bonds is 5. The van der Waals surface area contributed by atoms with Crippen molar-refractivity contribution in [1.29, 1.82) is 0 Å². The van der Waals surface area contributed by atoms with Gasteiger partial charge in [-0.05, 0) is 50.7 Å². The summed E-state index contributed by atoms with van der Waals surface area (Å²) in [5.41, 5.74) is 1.88. The molecule has 1 heterocycles. The molecule has 0 radical (unpaired) electrons. The predicted molar refractivity (Wildman–Crippen MR) is 100 cm³/mol. The molecule has 0 atom stereocenters. The van der Waals surface area contributed by atoms with Crippen LogP contribution in [0.4, 0.5) is 5.69 Å². The lowest BCUT2D eigenvalue weighted by Crippen LogP contribution is -2.35. The number of benzene rings is 2. The largest absolute Gasteiger partial charge is 0.455 e. The molecular weight excluding hydrogens is 314 g/mol. The van der Waals surface area contributed by atoms with Crippen molar-refractivity contribution in [3.63, 3.8) is 0 Å². The van der Waals surface area contributed by atoms with Gasteiger partial charge >= 0.3 is 0 Å². The highest BCUT2D eigenvalue weighted by Gasteiger charge is 2.14. The molecule has 5 heteroatoms. The average Bonchev–Trinajstić information content (AvgIpc) is 2.87. The molecule has 0 unspecified atom stereocenters. The summed E-state index contributed by atoms with van der Waals surface area (Å²) in [6, 6.07) is 15.4. The quantitative estimate of drug-likeness (QED) is 0.879. The van der Waals surface area contributed by atoms with Gasteiger partial charge in [0, 0.05) is 13.1 Å². The molecule has 1 fully saturated rings. The smallest absolute Gasteiger partial charge is 0.238 e. The van der Waals surface area contributed by atoms with Gasteiger partial charge in [-0.1, -0.05) is 29.8 Å². The molecule has 1 saturated heterocycles. The zero-order chi connectivity index (χ0) is 17.5. The second kappa shape index (κ2) is 8.65. The number of hydrogen-bond acceptors (Lipinski definition) is 4. The van der Waals surface area contributed by atoms with Crippen LogP contribution in [-0.4, -0.2) is 43.5 Å². The molecule has 1 aliphatic heterocycles. The van der Waals surface area contributed by atoms with E-state index in [1.807, 2.05) is 55.5 Å². The van der Waals surface area contributed by atoms with Crippen molar-refractivity contribution in [1.82, 2.24) is 10.2 Å². The SMILES string of the molecule is Cc1ccc(Oc2ccccc2NC(=O)CN2CCCNCC2)cc1. The number of carbonyl (C=O) groups excluding carboxylic acids is 1. The fourth-order valence-corrected chi connectivity index (χ4v) is 2.84. The molecule has 0 spiro atoms. The first kappa shape index (κ1) is 17.5. The van der Waals surface area contributed by atoms with E-state index in [2.05, 4.69) is 15.5 Å². The van der Waals surface area contributed by atoms with Crippen molar-refractivity contribution in [2.75, 3.05) is 38.0 Å². The minimum absolute atomic E-state index is 0.0122. The molecule has 2 aromatic rings. The minimum atomic E-state index is -0.0122. The highest BCUT2D eigenvalue weighted by Crippen LogP contribution is 2.29. The molecule has 2 N–H and O–H groups in total. The van der Waals surface area contributed by atoms with Crippen LogP contribution in [0.3, 0.4) is 0 Å². The zero-order valence-electron chi connectivity index (χ0n) is 14.6. The van der Waals surface area contributed by atoms with Crippen LogP contribution in [0.15, 0.2) is 48.5 Å². The second-order valence-corrected chi connectivity index (χ2v) is 6.34. The fourth-order valence-electron chi connectivity index (χ4n) is 2.84. The van der Waals surface area contributed by atoms with Crippen LogP contribution in [0, 0.1) is 6.92 Å². The van der Waals surface area contributed by atoms with Crippen molar-refractivity contribution in [2.24, 2.45) is 0 Å². The van der Waals surface area contributed by atoms with Crippen molar-refractivity contribution < 1.29 is 9.53 Å². The van der Waals surface area contributed by atoms with Gasteiger partial charge in [-0.15, -0.1) is 0 Å². The summed E-state index contributed by atoms with van der Waals surface area (Å²) in [4.78, 5) is 14.6. The summed E-state index contributed by atoms with van der Waals surface area (Å²) in [5, 5.41) is 6.33. The van der Waals surface area contributed by atoms with Crippen molar-refractivity contribution in [3.05, 3.63) is 54.1 Å². The Morgan fingerprint density at radius 1 is 1.12 bits per heavy atom. The van der Waals surface area contributed by atoms with Gasteiger partial charge in [-0.3, -0.25) is 9.69 Å². The van der Waals surface area contributed by atoms with Crippen LogP contribution in [0.1, 0.15) is 12.0 Å². The van der Waals surface area contributed by atoms with Gasteiger partial charge in [0.15, 0.2) is 5.75 Å². The highest BCUT2D eigenvalue weighted by atomic mass is 16.5. The molecule has 3 rings (SSSR count). The summed E-state index contributed by atoms with van der Waals surface area (Å²) >= 11 is 0. The molecule has 132 valence electrons. The Bertz CT molecular complexity index is 692. The molecule has 1 amide bonds. The average molecular weight is 339 g/mol. The van der Waals surface area contributed by atoms with Crippen molar-refractivity contribution in [2.45, 2.75) is 13.3 Å². The van der Waals surface area contributed by atoms with E-state index < -0.39 is 0 Å². The monoisotopic (exact) mass is 339 g/mol. The van der Waals surface area contributed by atoms with E-state index in [1.165, 1.54) is 5.56 Å². The van der Waals surface area contributed by atoms with Gasteiger partial charge in [0.1, 0.15) is 5.75 Å². The van der Waals surface area contributed by atoms with Gasteiger partial charge in [0.2, 0.25) is 5.91 Å². The van der Waals surface area contributed by atoms with Crippen LogP contribution >= 0.6 is 0 Å². The van der Waals surface area contributed by atoms with Gasteiger partial charge in [0.05, 0.1) is 12.2 Å². The predicted octanol–water partition coefficient (Wildman–Crippen LogP) is 3.02. The fraction of sp³-hybridized carbons (Fsp3) is 0.350. The van der Waals surface area contributed by atoms with E-state index in [-0.39, 0.29) is 5.91 Å². The van der Waals surface area contributed by atoms with E-state index in [1.54, 1.807) is 0 Å². The summed E-state index contributed by atoms with van der Waals surface area (Å²) in [7, 11) is 0. The first-order chi connectivity index (χ1) is 12.2. The number of hydrogen-bond donors (Lipinski definition) is 2. The van der Waals surface area contributed by atoms with Crippen LogP contribution in [0.25, 0.3) is 0 Å². The third-order valence-electron chi connectivity index (χ3n) is 4.21. The second-order valence-electron chi connectivity index (χ2n) is 6.34. The van der Waals surface area contributed by atoms with E-state index in [0.717, 1.165) is 38.3 Å². The molecular formula is C20H25N3O2. The van der Waals surface area contributed by atoms with Crippen molar-refractivity contribution >= 4 is 11.6 Å². The van der Waals surface area contributed by atoms with Crippen molar-refractivity contribution in [3.8, 4) is 11.5 Å². The Kier molecular flexibility index (Phi) is 6.04. The first-order valence-corrected chi connectivity index (χ1v) is 8.77. The summed E-state index contributed by atoms with van der Waals surface area (Å²) < 4.78 is 5.94. The number of anilines is 1. The lowest BCUT2D eigenvalue weighted by Gasteiger charge is -2.19. The Labute approximate surface area is 149 Å². The molecule has 2 aromatic carbocycles. The number of aryl methyl sites for hydroxylation is 1. The van der Waals surface area contributed by atoms with E-state index >= 15 is 0 Å². The number of para-hydroxylation sites is 2. The third-order valence-corrected chi connectivity index (χ3v) is 4.21. The molecule has 5 nitrogen and oxygen atoms in total. The minimum Gasteiger partial charge on any atom is -0.455 e. The van der Waals surface area contributed by atoms with E-state index in [4.69, 9.17) is 4.74 Å². The van der Waals surface area contributed by atoms with Crippen LogP contribution in [0.5, 0.6) is 11.5 Å². The van der Waals surface area contributed by atoms with Gasteiger partial charge < -0.3 is 15.4 Å². The molecule has 25 heavy (non-hydrogen) atoms. The van der Waals surface area contributed by atoms with Crippen LogP contribution in [0.2, 0.25) is 0 Å². The number of nitrogens with one attached hydrogen (secondary N) is 2. The number of carbonyl (C=O) groups is 1. The highest BCUT2D eigenvalue weighted by molar-refractivity contribution is 5.93. The third kappa shape index (κ3) is 5.31. The Balaban J connectivity index is 1.63. The van der Waals surface area contributed by atoms with E-state index in [9.17, 15) is 4.79 Å². The number of amides is 1. The van der Waals surface area contributed by atoms with Gasteiger partial charge in [0.25, 0.3) is 0 Å². The van der Waals surface area contributed by atoms with Crippen LogP contribution < -0.4 is 15.4 Å². The normalized spacial score (nSPS) is 15.4. The molecule has 0 aromatic heterocycles. The first-order valence-electron chi connectivity index (χ1n) is 8.77. The number of ether oxygens (including phenoxy) is 1. The Morgan fingerprint density at radius 2 is 1.92 bits per heavy atom. The Morgan fingerprint density at radius 3 is 2.76 bits per heavy atom. The standard InChI is InChI=1S/C20H25N3O2/c1-16-7-9-17(10-8-16)25-19-6-3-2-5-18(19)22-20(24)15-23-13-4-11-21-12-14-23/h2-3,5-10,21H,4,11-15H2,1H3,(H,22,24). The van der Waals surface area contributed by atoms with E-state index in [0.29, 0.717) is 18.0 Å².